The Hall–Kier alpha value is -1.55. The second kappa shape index (κ2) is 4.28. The minimum Gasteiger partial charge on any atom is -0.283 e. The number of thioether (sulfide) groups is 1. The predicted molar refractivity (Wildman–Crippen MR) is 73.1 cm³/mol. The molecule has 2 aromatic rings. The van der Waals surface area contributed by atoms with Crippen LogP contribution in [0.5, 0.6) is 0 Å². The number of hydrogen-bond donors (Lipinski definition) is 0. The van der Waals surface area contributed by atoms with E-state index in [4.69, 9.17) is 0 Å². The standard InChI is InChI=1S/C14H14N2OS/c1-9-10(2)15-14-16(13(9)17)7-11-5-3-4-6-12(11)8-18-14/h3-6H,7-8H2,1-2H3. The molecule has 2 heterocycles. The second-order valence-corrected chi connectivity index (χ2v) is 5.50. The van der Waals surface area contributed by atoms with Crippen LogP contribution in [0.3, 0.4) is 0 Å². The van der Waals surface area contributed by atoms with Crippen molar-refractivity contribution >= 4 is 11.8 Å². The monoisotopic (exact) mass is 258 g/mol. The van der Waals surface area contributed by atoms with E-state index in [0.29, 0.717) is 6.54 Å². The van der Waals surface area contributed by atoms with Gasteiger partial charge in [0.1, 0.15) is 0 Å². The Balaban J connectivity index is 2.21. The molecule has 92 valence electrons. The summed E-state index contributed by atoms with van der Waals surface area (Å²) in [4.78, 5) is 16.8. The Kier molecular flexibility index (Phi) is 2.74. The lowest BCUT2D eigenvalue weighted by atomic mass is 10.1. The lowest BCUT2D eigenvalue weighted by molar-refractivity contribution is 0.634. The van der Waals surface area contributed by atoms with Gasteiger partial charge in [0.2, 0.25) is 0 Å². The average Bonchev–Trinajstić information content (AvgIpc) is 2.56. The first-order valence-electron chi connectivity index (χ1n) is 5.94. The molecule has 0 fully saturated rings. The highest BCUT2D eigenvalue weighted by Gasteiger charge is 2.17. The van der Waals surface area contributed by atoms with Crippen LogP contribution >= 0.6 is 11.8 Å². The molecule has 0 aliphatic carbocycles. The van der Waals surface area contributed by atoms with Crippen molar-refractivity contribution in [1.29, 1.82) is 0 Å². The first-order chi connectivity index (χ1) is 8.66. The molecule has 1 aliphatic rings. The molecule has 1 aliphatic heterocycles. The van der Waals surface area contributed by atoms with E-state index < -0.39 is 0 Å². The molecule has 0 amide bonds. The smallest absolute Gasteiger partial charge is 0.257 e. The normalized spacial score (nSPS) is 13.7. The average molecular weight is 258 g/mol. The van der Waals surface area contributed by atoms with Gasteiger partial charge in [-0.1, -0.05) is 36.0 Å². The van der Waals surface area contributed by atoms with Crippen LogP contribution in [0.1, 0.15) is 22.4 Å². The van der Waals surface area contributed by atoms with Gasteiger partial charge in [-0.2, -0.15) is 0 Å². The van der Waals surface area contributed by atoms with Gasteiger partial charge < -0.3 is 0 Å². The van der Waals surface area contributed by atoms with Gasteiger partial charge in [0, 0.05) is 17.0 Å². The largest absolute Gasteiger partial charge is 0.283 e. The molecular weight excluding hydrogens is 244 g/mol. The zero-order valence-electron chi connectivity index (χ0n) is 10.4. The highest BCUT2D eigenvalue weighted by atomic mass is 32.2. The highest BCUT2D eigenvalue weighted by molar-refractivity contribution is 7.98. The van der Waals surface area contributed by atoms with Crippen molar-refractivity contribution in [3.05, 3.63) is 57.0 Å². The van der Waals surface area contributed by atoms with Crippen LogP contribution in [0, 0.1) is 13.8 Å². The minimum absolute atomic E-state index is 0.0849. The Bertz CT molecular complexity index is 676. The van der Waals surface area contributed by atoms with Crippen molar-refractivity contribution in [3.63, 3.8) is 0 Å². The third kappa shape index (κ3) is 1.77. The van der Waals surface area contributed by atoms with Crippen molar-refractivity contribution in [2.75, 3.05) is 0 Å². The van der Waals surface area contributed by atoms with Crippen molar-refractivity contribution in [2.45, 2.75) is 31.3 Å². The third-order valence-electron chi connectivity index (χ3n) is 3.41. The lowest BCUT2D eigenvalue weighted by Crippen LogP contribution is -2.26. The fourth-order valence-corrected chi connectivity index (χ4v) is 3.22. The van der Waals surface area contributed by atoms with E-state index >= 15 is 0 Å². The SMILES string of the molecule is Cc1nc2n(c(=O)c1C)Cc1ccccc1CS2. The quantitative estimate of drug-likeness (QED) is 0.681. The second-order valence-electron chi connectivity index (χ2n) is 4.55. The first kappa shape index (κ1) is 11.5. The number of nitrogens with zero attached hydrogens (tertiary/aromatic N) is 2. The maximum absolute atomic E-state index is 12.3. The summed E-state index contributed by atoms with van der Waals surface area (Å²) in [6.45, 7) is 4.38. The summed E-state index contributed by atoms with van der Waals surface area (Å²) in [5.74, 6) is 0.880. The van der Waals surface area contributed by atoms with Crippen LogP contribution in [0.2, 0.25) is 0 Å². The summed E-state index contributed by atoms with van der Waals surface area (Å²) in [5.41, 5.74) is 4.18. The van der Waals surface area contributed by atoms with E-state index in [1.807, 2.05) is 26.0 Å². The molecule has 0 spiro atoms. The van der Waals surface area contributed by atoms with Crippen LogP contribution in [-0.4, -0.2) is 9.55 Å². The fourth-order valence-electron chi connectivity index (χ4n) is 2.15. The van der Waals surface area contributed by atoms with Gasteiger partial charge in [-0.3, -0.25) is 9.36 Å². The zero-order chi connectivity index (χ0) is 12.7. The molecule has 0 saturated carbocycles. The number of hydrogen-bond acceptors (Lipinski definition) is 3. The number of benzene rings is 1. The van der Waals surface area contributed by atoms with Crippen molar-refractivity contribution in [2.24, 2.45) is 0 Å². The molecular formula is C14H14N2OS. The van der Waals surface area contributed by atoms with E-state index in [-0.39, 0.29) is 5.56 Å². The van der Waals surface area contributed by atoms with E-state index in [2.05, 4.69) is 17.1 Å². The molecule has 1 aromatic heterocycles. The minimum atomic E-state index is 0.0849. The van der Waals surface area contributed by atoms with Gasteiger partial charge >= 0.3 is 0 Å². The summed E-state index contributed by atoms with van der Waals surface area (Å²) >= 11 is 1.64. The predicted octanol–water partition coefficient (Wildman–Crippen LogP) is 2.51. The summed E-state index contributed by atoms with van der Waals surface area (Å²) in [5, 5.41) is 0.833. The van der Waals surface area contributed by atoms with Gasteiger partial charge in [-0.15, -0.1) is 0 Å². The van der Waals surface area contributed by atoms with Gasteiger partial charge in [-0.25, -0.2) is 4.98 Å². The van der Waals surface area contributed by atoms with E-state index in [1.54, 1.807) is 16.3 Å². The topological polar surface area (TPSA) is 34.9 Å². The van der Waals surface area contributed by atoms with Gasteiger partial charge in [-0.05, 0) is 25.0 Å². The third-order valence-corrected chi connectivity index (χ3v) is 4.43. The Morgan fingerprint density at radius 2 is 1.94 bits per heavy atom. The molecule has 0 unspecified atom stereocenters. The first-order valence-corrected chi connectivity index (χ1v) is 6.93. The van der Waals surface area contributed by atoms with E-state index in [9.17, 15) is 4.79 Å². The number of rotatable bonds is 0. The molecule has 0 N–H and O–H groups in total. The van der Waals surface area contributed by atoms with Crippen molar-refractivity contribution in [1.82, 2.24) is 9.55 Å². The fraction of sp³-hybridized carbons (Fsp3) is 0.286. The Morgan fingerprint density at radius 1 is 1.22 bits per heavy atom. The number of fused-ring (bicyclic) bond motifs is 2. The zero-order valence-corrected chi connectivity index (χ0v) is 11.3. The summed E-state index contributed by atoms with van der Waals surface area (Å²) in [7, 11) is 0. The highest BCUT2D eigenvalue weighted by Crippen LogP contribution is 2.27. The maximum atomic E-state index is 12.3. The van der Waals surface area contributed by atoms with Crippen molar-refractivity contribution < 1.29 is 0 Å². The Labute approximate surface area is 110 Å². The molecule has 3 rings (SSSR count). The molecule has 1 aromatic carbocycles. The summed E-state index contributed by atoms with van der Waals surface area (Å²) in [6.07, 6.45) is 0. The lowest BCUT2D eigenvalue weighted by Gasteiger charge is -2.10. The summed E-state index contributed by atoms with van der Waals surface area (Å²) < 4.78 is 1.79. The number of aromatic nitrogens is 2. The molecule has 0 atom stereocenters. The van der Waals surface area contributed by atoms with Crippen LogP contribution in [-0.2, 0) is 12.3 Å². The summed E-state index contributed by atoms with van der Waals surface area (Å²) in [6, 6.07) is 8.28. The van der Waals surface area contributed by atoms with Crippen LogP contribution in [0.4, 0.5) is 0 Å². The van der Waals surface area contributed by atoms with Crippen LogP contribution in [0.15, 0.2) is 34.2 Å². The van der Waals surface area contributed by atoms with Gasteiger partial charge in [0.15, 0.2) is 5.16 Å². The van der Waals surface area contributed by atoms with E-state index in [1.165, 1.54) is 11.1 Å². The van der Waals surface area contributed by atoms with Crippen LogP contribution < -0.4 is 5.56 Å². The van der Waals surface area contributed by atoms with Crippen LogP contribution in [0.25, 0.3) is 0 Å². The molecule has 0 bridgehead atoms. The van der Waals surface area contributed by atoms with Gasteiger partial charge in [0.25, 0.3) is 5.56 Å². The number of aryl methyl sites for hydroxylation is 1. The molecule has 3 nitrogen and oxygen atoms in total. The van der Waals surface area contributed by atoms with E-state index in [0.717, 1.165) is 22.2 Å². The molecule has 4 heteroatoms. The molecule has 0 radical (unpaired) electrons. The Morgan fingerprint density at radius 3 is 2.72 bits per heavy atom. The molecule has 18 heavy (non-hydrogen) atoms. The van der Waals surface area contributed by atoms with Gasteiger partial charge in [0.05, 0.1) is 6.54 Å². The molecule has 0 saturated heterocycles. The van der Waals surface area contributed by atoms with Crippen molar-refractivity contribution in [3.8, 4) is 0 Å². The maximum Gasteiger partial charge on any atom is 0.257 e.